The van der Waals surface area contributed by atoms with E-state index in [4.69, 9.17) is 4.74 Å². The minimum atomic E-state index is -0.315. The number of nitrogens with zero attached hydrogens (tertiary/aromatic N) is 4. The van der Waals surface area contributed by atoms with Crippen LogP contribution in [0.15, 0.2) is 36.7 Å². The van der Waals surface area contributed by atoms with E-state index in [-0.39, 0.29) is 24.2 Å². The van der Waals surface area contributed by atoms with Crippen LogP contribution < -0.4 is 9.64 Å². The number of rotatable bonds is 5. The average Bonchev–Trinajstić information content (AvgIpc) is 2.88. The van der Waals surface area contributed by atoms with Crippen molar-refractivity contribution in [2.75, 3.05) is 31.1 Å². The van der Waals surface area contributed by atoms with Crippen molar-refractivity contribution in [2.45, 2.75) is 32.8 Å². The maximum atomic E-state index is 13.3. The Hall–Kier alpha value is -2.70. The molecule has 0 bridgehead atoms. The molecule has 0 atom stereocenters. The maximum Gasteiger partial charge on any atom is 0.234 e. The molecule has 144 valence electrons. The minimum absolute atomic E-state index is 0.0189. The minimum Gasteiger partial charge on any atom is -0.474 e. The van der Waals surface area contributed by atoms with E-state index >= 15 is 0 Å². The van der Waals surface area contributed by atoms with Crippen LogP contribution in [0.1, 0.15) is 25.8 Å². The van der Waals surface area contributed by atoms with Gasteiger partial charge in [-0.3, -0.25) is 9.78 Å². The van der Waals surface area contributed by atoms with Gasteiger partial charge in [0.25, 0.3) is 0 Å². The lowest BCUT2D eigenvalue weighted by Gasteiger charge is -2.23. The van der Waals surface area contributed by atoms with Gasteiger partial charge in [-0.15, -0.1) is 0 Å². The smallest absolute Gasteiger partial charge is 0.234 e. The van der Waals surface area contributed by atoms with Gasteiger partial charge in [-0.05, 0) is 38.0 Å². The Labute approximate surface area is 159 Å². The standard InChI is InChI=1S/C20H25FN4O2/c1-15(2)27-19-14-22-13-18(23-19)24-7-4-8-25(10-9-24)20(26)12-16-5-3-6-17(21)11-16/h3,5-6,11,13-15H,4,7-10,12H2,1-2H3. The number of halogens is 1. The first kappa shape index (κ1) is 19.1. The van der Waals surface area contributed by atoms with Gasteiger partial charge in [-0.2, -0.15) is 4.98 Å². The first-order valence-electron chi connectivity index (χ1n) is 9.27. The number of hydrogen-bond donors (Lipinski definition) is 0. The van der Waals surface area contributed by atoms with Crippen LogP contribution in [0.2, 0.25) is 0 Å². The molecule has 0 N–H and O–H groups in total. The monoisotopic (exact) mass is 372 g/mol. The van der Waals surface area contributed by atoms with Crippen LogP contribution in [-0.4, -0.2) is 53.1 Å². The summed E-state index contributed by atoms with van der Waals surface area (Å²) in [6.07, 6.45) is 4.42. The molecule has 1 aliphatic heterocycles. The molecule has 3 rings (SSSR count). The largest absolute Gasteiger partial charge is 0.474 e. The van der Waals surface area contributed by atoms with Gasteiger partial charge in [0.1, 0.15) is 5.82 Å². The van der Waals surface area contributed by atoms with E-state index < -0.39 is 0 Å². The molecule has 1 aromatic carbocycles. The zero-order valence-corrected chi connectivity index (χ0v) is 15.8. The molecule has 1 aliphatic rings. The van der Waals surface area contributed by atoms with Gasteiger partial charge in [0.15, 0.2) is 5.82 Å². The van der Waals surface area contributed by atoms with E-state index in [1.807, 2.05) is 18.7 Å². The number of amides is 1. The van der Waals surface area contributed by atoms with Gasteiger partial charge < -0.3 is 14.5 Å². The van der Waals surface area contributed by atoms with Crippen molar-refractivity contribution in [1.82, 2.24) is 14.9 Å². The molecule has 1 amide bonds. The molecule has 1 fully saturated rings. The highest BCUT2D eigenvalue weighted by Gasteiger charge is 2.20. The number of ether oxygens (including phenoxy) is 1. The normalized spacial score (nSPS) is 15.0. The van der Waals surface area contributed by atoms with E-state index in [1.54, 1.807) is 24.5 Å². The first-order chi connectivity index (χ1) is 13.0. The third kappa shape index (κ3) is 5.39. The Bertz CT molecular complexity index is 784. The second-order valence-electron chi connectivity index (χ2n) is 6.91. The molecule has 0 spiro atoms. The van der Waals surface area contributed by atoms with E-state index in [0.717, 1.165) is 18.8 Å². The quantitative estimate of drug-likeness (QED) is 0.808. The van der Waals surface area contributed by atoms with Crippen molar-refractivity contribution in [3.05, 3.63) is 48.0 Å². The molecular formula is C20H25FN4O2. The fraction of sp³-hybridized carbons (Fsp3) is 0.450. The topological polar surface area (TPSA) is 58.6 Å². The van der Waals surface area contributed by atoms with E-state index in [2.05, 4.69) is 14.9 Å². The highest BCUT2D eigenvalue weighted by molar-refractivity contribution is 5.78. The number of carbonyl (C=O) groups is 1. The summed E-state index contributed by atoms with van der Waals surface area (Å²) in [5.41, 5.74) is 0.700. The average molecular weight is 372 g/mol. The van der Waals surface area contributed by atoms with Crippen molar-refractivity contribution in [3.63, 3.8) is 0 Å². The highest BCUT2D eigenvalue weighted by atomic mass is 19.1. The van der Waals surface area contributed by atoms with Crippen molar-refractivity contribution in [3.8, 4) is 5.88 Å². The molecule has 2 aromatic rings. The van der Waals surface area contributed by atoms with Gasteiger partial charge in [0, 0.05) is 26.2 Å². The second kappa shape index (κ2) is 8.79. The van der Waals surface area contributed by atoms with Crippen LogP contribution in [0.5, 0.6) is 5.88 Å². The summed E-state index contributed by atoms with van der Waals surface area (Å²) in [4.78, 5) is 25.3. The van der Waals surface area contributed by atoms with E-state index in [9.17, 15) is 9.18 Å². The molecule has 1 saturated heterocycles. The van der Waals surface area contributed by atoms with Crippen molar-refractivity contribution >= 4 is 11.7 Å². The molecule has 7 heteroatoms. The molecule has 0 unspecified atom stereocenters. The Morgan fingerprint density at radius 3 is 2.85 bits per heavy atom. The SMILES string of the molecule is CC(C)Oc1cncc(N2CCCN(C(=O)Cc3cccc(F)c3)CC2)n1. The molecular weight excluding hydrogens is 347 g/mol. The second-order valence-corrected chi connectivity index (χ2v) is 6.91. The lowest BCUT2D eigenvalue weighted by molar-refractivity contribution is -0.130. The Morgan fingerprint density at radius 2 is 2.07 bits per heavy atom. The zero-order chi connectivity index (χ0) is 19.2. The van der Waals surface area contributed by atoms with Crippen LogP contribution in [0.4, 0.5) is 10.2 Å². The van der Waals surface area contributed by atoms with Gasteiger partial charge in [0.2, 0.25) is 11.8 Å². The third-order valence-corrected chi connectivity index (χ3v) is 4.37. The van der Waals surface area contributed by atoms with Crippen LogP contribution >= 0.6 is 0 Å². The van der Waals surface area contributed by atoms with E-state index in [0.29, 0.717) is 31.1 Å². The number of anilines is 1. The first-order valence-corrected chi connectivity index (χ1v) is 9.27. The lowest BCUT2D eigenvalue weighted by atomic mass is 10.1. The fourth-order valence-electron chi connectivity index (χ4n) is 3.12. The predicted octanol–water partition coefficient (Wildman–Crippen LogP) is 2.68. The zero-order valence-electron chi connectivity index (χ0n) is 15.8. The molecule has 0 radical (unpaired) electrons. The summed E-state index contributed by atoms with van der Waals surface area (Å²) in [6, 6.07) is 6.21. The van der Waals surface area contributed by atoms with E-state index in [1.165, 1.54) is 12.1 Å². The number of benzene rings is 1. The van der Waals surface area contributed by atoms with Crippen molar-refractivity contribution in [1.29, 1.82) is 0 Å². The lowest BCUT2D eigenvalue weighted by Crippen LogP contribution is -2.36. The van der Waals surface area contributed by atoms with Crippen LogP contribution in [-0.2, 0) is 11.2 Å². The van der Waals surface area contributed by atoms with Crippen molar-refractivity contribution in [2.24, 2.45) is 0 Å². The third-order valence-electron chi connectivity index (χ3n) is 4.37. The summed E-state index contributed by atoms with van der Waals surface area (Å²) in [6.45, 7) is 6.65. The molecule has 0 saturated carbocycles. The summed E-state index contributed by atoms with van der Waals surface area (Å²) in [5, 5.41) is 0. The summed E-state index contributed by atoms with van der Waals surface area (Å²) < 4.78 is 18.9. The molecule has 0 aliphatic carbocycles. The molecule has 6 nitrogen and oxygen atoms in total. The molecule has 27 heavy (non-hydrogen) atoms. The summed E-state index contributed by atoms with van der Waals surface area (Å²) in [5.74, 6) is 0.966. The Balaban J connectivity index is 1.61. The van der Waals surface area contributed by atoms with Crippen LogP contribution in [0.3, 0.4) is 0 Å². The molecule has 2 heterocycles. The Morgan fingerprint density at radius 1 is 1.22 bits per heavy atom. The Kier molecular flexibility index (Phi) is 6.21. The van der Waals surface area contributed by atoms with Crippen LogP contribution in [0, 0.1) is 5.82 Å². The van der Waals surface area contributed by atoms with Gasteiger partial charge in [-0.1, -0.05) is 12.1 Å². The fourth-order valence-corrected chi connectivity index (χ4v) is 3.12. The molecule has 1 aromatic heterocycles. The number of carbonyl (C=O) groups excluding carboxylic acids is 1. The van der Waals surface area contributed by atoms with Crippen LogP contribution in [0.25, 0.3) is 0 Å². The van der Waals surface area contributed by atoms with Gasteiger partial charge >= 0.3 is 0 Å². The summed E-state index contributed by atoms with van der Waals surface area (Å²) >= 11 is 0. The van der Waals surface area contributed by atoms with Gasteiger partial charge in [0.05, 0.1) is 24.9 Å². The number of hydrogen-bond acceptors (Lipinski definition) is 5. The number of aromatic nitrogens is 2. The summed E-state index contributed by atoms with van der Waals surface area (Å²) in [7, 11) is 0. The van der Waals surface area contributed by atoms with Crippen molar-refractivity contribution < 1.29 is 13.9 Å². The van der Waals surface area contributed by atoms with Gasteiger partial charge in [-0.25, -0.2) is 4.39 Å². The predicted molar refractivity (Wildman–Crippen MR) is 101 cm³/mol. The highest BCUT2D eigenvalue weighted by Crippen LogP contribution is 2.17. The maximum absolute atomic E-state index is 13.3.